The van der Waals surface area contributed by atoms with Crippen LogP contribution in [0.5, 0.6) is 0 Å². The first-order valence-electron chi connectivity index (χ1n) is 8.35. The molecule has 21 heavy (non-hydrogen) atoms. The molecule has 2 aliphatic rings. The Kier molecular flexibility index (Phi) is 11.3. The lowest BCUT2D eigenvalue weighted by Crippen LogP contribution is -2.48. The van der Waals surface area contributed by atoms with Gasteiger partial charge in [0.25, 0.3) is 0 Å². The van der Waals surface area contributed by atoms with Crippen LogP contribution in [0.2, 0.25) is 0 Å². The van der Waals surface area contributed by atoms with Crippen molar-refractivity contribution in [1.82, 2.24) is 0 Å². The van der Waals surface area contributed by atoms with Crippen molar-refractivity contribution in [2.24, 2.45) is 0 Å². The summed E-state index contributed by atoms with van der Waals surface area (Å²) in [4.78, 5) is 0. The summed E-state index contributed by atoms with van der Waals surface area (Å²) in [6, 6.07) is 0. The molecule has 0 radical (unpaired) electrons. The molecule has 2 saturated heterocycles. The average Bonchev–Trinajstić information content (AvgIpc) is 3.31. The quantitative estimate of drug-likeness (QED) is 0.764. The van der Waals surface area contributed by atoms with Crippen LogP contribution in [-0.4, -0.2) is 53.6 Å². The molecule has 6 atom stereocenters. The molecule has 0 aromatic heterocycles. The number of hydrogen-bond acceptors (Lipinski definition) is 5. The van der Waals surface area contributed by atoms with Gasteiger partial charge in [0, 0.05) is 6.42 Å². The Morgan fingerprint density at radius 1 is 1.14 bits per heavy atom. The van der Waals surface area contributed by atoms with E-state index in [1.165, 1.54) is 0 Å². The van der Waals surface area contributed by atoms with Crippen LogP contribution in [0.3, 0.4) is 0 Å². The third kappa shape index (κ3) is 8.12. The predicted molar refractivity (Wildman–Crippen MR) is 83.2 cm³/mol. The third-order valence-corrected chi connectivity index (χ3v) is 3.35. The highest BCUT2D eigenvalue weighted by Crippen LogP contribution is 2.24. The predicted octanol–water partition coefficient (Wildman–Crippen LogP) is 2.48. The number of rotatable bonds is 5. The SMILES string of the molecule is CC.CC.C[C@H](CCC1CO1)O[C@@H]1O[C@@H](C)[C@H](O)C[C@H]1O. The van der Waals surface area contributed by atoms with E-state index in [2.05, 4.69) is 0 Å². The van der Waals surface area contributed by atoms with E-state index in [0.717, 1.165) is 19.4 Å². The molecule has 2 N–H and O–H groups in total. The zero-order valence-electron chi connectivity index (χ0n) is 14.4. The molecule has 0 aromatic rings. The van der Waals surface area contributed by atoms with E-state index in [1.807, 2.05) is 34.6 Å². The Bertz CT molecular complexity index is 245. The molecule has 0 aromatic carbocycles. The lowest BCUT2D eigenvalue weighted by molar-refractivity contribution is -0.273. The first kappa shape index (κ1) is 20.8. The highest BCUT2D eigenvalue weighted by molar-refractivity contribution is 4.79. The van der Waals surface area contributed by atoms with E-state index < -0.39 is 18.5 Å². The molecule has 2 aliphatic heterocycles. The van der Waals surface area contributed by atoms with E-state index in [0.29, 0.717) is 12.5 Å². The molecule has 5 heteroatoms. The van der Waals surface area contributed by atoms with Gasteiger partial charge in [-0.05, 0) is 26.7 Å². The van der Waals surface area contributed by atoms with Crippen molar-refractivity contribution < 1.29 is 24.4 Å². The number of hydrogen-bond donors (Lipinski definition) is 2. The summed E-state index contributed by atoms with van der Waals surface area (Å²) in [5.41, 5.74) is 0. The Labute approximate surface area is 129 Å². The monoisotopic (exact) mass is 306 g/mol. The summed E-state index contributed by atoms with van der Waals surface area (Å²) < 4.78 is 16.2. The van der Waals surface area contributed by atoms with E-state index in [9.17, 15) is 10.2 Å². The Morgan fingerprint density at radius 2 is 1.71 bits per heavy atom. The number of aliphatic hydroxyl groups excluding tert-OH is 2. The Morgan fingerprint density at radius 3 is 2.24 bits per heavy atom. The van der Waals surface area contributed by atoms with Crippen LogP contribution in [0.1, 0.15) is 60.8 Å². The van der Waals surface area contributed by atoms with Crippen molar-refractivity contribution in [3.8, 4) is 0 Å². The van der Waals surface area contributed by atoms with Gasteiger partial charge < -0.3 is 24.4 Å². The van der Waals surface area contributed by atoms with Gasteiger partial charge in [-0.15, -0.1) is 0 Å². The topological polar surface area (TPSA) is 71.5 Å². The van der Waals surface area contributed by atoms with Gasteiger partial charge in [-0.25, -0.2) is 0 Å². The zero-order chi connectivity index (χ0) is 16.4. The minimum absolute atomic E-state index is 0.0290. The minimum Gasteiger partial charge on any atom is -0.390 e. The summed E-state index contributed by atoms with van der Waals surface area (Å²) in [5, 5.41) is 19.3. The van der Waals surface area contributed by atoms with Crippen LogP contribution in [0, 0.1) is 0 Å². The molecule has 2 heterocycles. The van der Waals surface area contributed by atoms with Gasteiger partial charge >= 0.3 is 0 Å². The van der Waals surface area contributed by atoms with Crippen LogP contribution in [0.4, 0.5) is 0 Å². The number of aliphatic hydroxyl groups is 2. The van der Waals surface area contributed by atoms with Crippen LogP contribution in [0.25, 0.3) is 0 Å². The highest BCUT2D eigenvalue weighted by Gasteiger charge is 2.35. The molecular formula is C16H34O5. The van der Waals surface area contributed by atoms with Crippen molar-refractivity contribution in [1.29, 1.82) is 0 Å². The molecular weight excluding hydrogens is 272 g/mol. The van der Waals surface area contributed by atoms with Gasteiger partial charge in [0.2, 0.25) is 0 Å². The maximum atomic E-state index is 9.76. The fourth-order valence-corrected chi connectivity index (χ4v) is 2.02. The summed E-state index contributed by atoms with van der Waals surface area (Å²) in [7, 11) is 0. The Hall–Kier alpha value is -0.200. The molecule has 0 spiro atoms. The van der Waals surface area contributed by atoms with Gasteiger partial charge in [-0.3, -0.25) is 0 Å². The lowest BCUT2D eigenvalue weighted by Gasteiger charge is -2.36. The lowest BCUT2D eigenvalue weighted by atomic mass is 10.0. The molecule has 5 nitrogen and oxygen atoms in total. The number of ether oxygens (including phenoxy) is 3. The molecule has 2 fully saturated rings. The van der Waals surface area contributed by atoms with Gasteiger partial charge in [-0.1, -0.05) is 27.7 Å². The normalized spacial score (nSPS) is 35.7. The molecule has 0 aliphatic carbocycles. The maximum absolute atomic E-state index is 9.76. The summed E-state index contributed by atoms with van der Waals surface area (Å²) >= 11 is 0. The second-order valence-electron chi connectivity index (χ2n) is 5.06. The smallest absolute Gasteiger partial charge is 0.184 e. The fraction of sp³-hybridized carbons (Fsp3) is 1.00. The molecule has 0 saturated carbocycles. The summed E-state index contributed by atoms with van der Waals surface area (Å²) in [5.74, 6) is 0. The Balaban J connectivity index is 0.000000921. The van der Waals surface area contributed by atoms with E-state index >= 15 is 0 Å². The van der Waals surface area contributed by atoms with E-state index in [1.54, 1.807) is 6.92 Å². The first-order valence-corrected chi connectivity index (χ1v) is 8.35. The molecule has 1 unspecified atom stereocenters. The number of epoxide rings is 1. The van der Waals surface area contributed by atoms with Crippen molar-refractivity contribution in [3.05, 3.63) is 0 Å². The second-order valence-corrected chi connectivity index (χ2v) is 5.06. The van der Waals surface area contributed by atoms with Crippen LogP contribution < -0.4 is 0 Å². The summed E-state index contributed by atoms with van der Waals surface area (Å²) in [6.07, 6.45) is 0.354. The summed E-state index contributed by atoms with van der Waals surface area (Å²) in [6.45, 7) is 12.6. The third-order valence-electron chi connectivity index (χ3n) is 3.35. The van der Waals surface area contributed by atoms with Crippen molar-refractivity contribution >= 4 is 0 Å². The maximum Gasteiger partial charge on any atom is 0.184 e. The molecule has 0 amide bonds. The van der Waals surface area contributed by atoms with Gasteiger partial charge in [0.15, 0.2) is 6.29 Å². The zero-order valence-corrected chi connectivity index (χ0v) is 14.4. The van der Waals surface area contributed by atoms with Gasteiger partial charge in [0.05, 0.1) is 31.0 Å². The van der Waals surface area contributed by atoms with Crippen LogP contribution in [-0.2, 0) is 14.2 Å². The molecule has 0 bridgehead atoms. The largest absolute Gasteiger partial charge is 0.390 e. The molecule has 128 valence electrons. The van der Waals surface area contributed by atoms with Gasteiger partial charge in [-0.2, -0.15) is 0 Å². The van der Waals surface area contributed by atoms with Crippen molar-refractivity contribution in [2.75, 3.05) is 6.61 Å². The van der Waals surface area contributed by atoms with Crippen molar-refractivity contribution in [2.45, 2.75) is 97.6 Å². The van der Waals surface area contributed by atoms with E-state index in [-0.39, 0.29) is 12.2 Å². The van der Waals surface area contributed by atoms with E-state index in [4.69, 9.17) is 14.2 Å². The average molecular weight is 306 g/mol. The van der Waals surface area contributed by atoms with Crippen LogP contribution >= 0.6 is 0 Å². The second kappa shape index (κ2) is 11.4. The minimum atomic E-state index is -0.749. The fourth-order valence-electron chi connectivity index (χ4n) is 2.02. The van der Waals surface area contributed by atoms with Crippen molar-refractivity contribution in [3.63, 3.8) is 0 Å². The molecule has 2 rings (SSSR count). The van der Waals surface area contributed by atoms with Crippen LogP contribution in [0.15, 0.2) is 0 Å². The standard InChI is InChI=1S/C12H22O5.2C2H6/c1-7(3-4-9-6-15-9)16-12-11(14)5-10(13)8(2)17-12;2*1-2/h7-14H,3-6H2,1-2H3;2*1-2H3/t7-,8+,9?,10-,11-,12-;;/m1../s1. The van der Waals surface area contributed by atoms with Gasteiger partial charge in [0.1, 0.15) is 6.10 Å². The first-order chi connectivity index (χ1) is 10.1. The highest BCUT2D eigenvalue weighted by atomic mass is 16.7.